The summed E-state index contributed by atoms with van der Waals surface area (Å²) in [5, 5.41) is 0. The maximum absolute atomic E-state index is 13.5. The van der Waals surface area contributed by atoms with Crippen molar-refractivity contribution in [3.8, 4) is 5.75 Å². The van der Waals surface area contributed by atoms with Crippen molar-refractivity contribution < 1.29 is 18.7 Å². The number of amides is 2. The Morgan fingerprint density at radius 1 is 1.16 bits per heavy atom. The number of carbonyl (C=O) groups is 2. The van der Waals surface area contributed by atoms with Crippen molar-refractivity contribution in [2.75, 3.05) is 26.0 Å². The molecule has 0 saturated carbocycles. The number of hydrogen-bond donors (Lipinski definition) is 1. The summed E-state index contributed by atoms with van der Waals surface area (Å²) in [5.41, 5.74) is 5.65. The highest BCUT2D eigenvalue weighted by Crippen LogP contribution is 2.23. The minimum Gasteiger partial charge on any atom is -0.489 e. The Kier molecular flexibility index (Phi) is 6.82. The zero-order valence-electron chi connectivity index (χ0n) is 13.8. The summed E-state index contributed by atoms with van der Waals surface area (Å²) in [4.78, 5) is 25.7. The number of halogens is 1. The molecule has 0 heterocycles. The number of benzene rings is 2. The third-order valence-corrected chi connectivity index (χ3v) is 4.45. The van der Waals surface area contributed by atoms with Crippen LogP contribution < -0.4 is 10.5 Å². The first kappa shape index (κ1) is 18.8. The number of hydrogen-bond acceptors (Lipinski definition) is 4. The molecule has 0 unspecified atom stereocenters. The summed E-state index contributed by atoms with van der Waals surface area (Å²) in [5.74, 6) is -0.834. The monoisotopic (exact) mass is 362 g/mol. The standard InChI is InChI=1S/C18H19FN2O3S/c1-21(10-11-24-15-8-4-3-7-14(15)19)18(23)13-6-2-5-9-16(13)25-12-17(20)22/h2-9H,10-12H2,1H3,(H2,20,22). The molecule has 0 spiro atoms. The number of para-hydroxylation sites is 1. The molecule has 2 aromatic rings. The van der Waals surface area contributed by atoms with E-state index in [1.807, 2.05) is 0 Å². The lowest BCUT2D eigenvalue weighted by molar-refractivity contribution is -0.115. The van der Waals surface area contributed by atoms with Gasteiger partial charge in [-0.25, -0.2) is 4.39 Å². The summed E-state index contributed by atoms with van der Waals surface area (Å²) >= 11 is 1.22. The van der Waals surface area contributed by atoms with Gasteiger partial charge in [0.1, 0.15) is 6.61 Å². The van der Waals surface area contributed by atoms with Crippen molar-refractivity contribution in [3.63, 3.8) is 0 Å². The first-order valence-corrected chi connectivity index (χ1v) is 8.60. The van der Waals surface area contributed by atoms with E-state index >= 15 is 0 Å². The lowest BCUT2D eigenvalue weighted by Crippen LogP contribution is -2.31. The van der Waals surface area contributed by atoms with Crippen LogP contribution in [0.5, 0.6) is 5.75 Å². The minimum atomic E-state index is -0.445. The van der Waals surface area contributed by atoms with Crippen molar-refractivity contribution in [1.82, 2.24) is 4.90 Å². The summed E-state index contributed by atoms with van der Waals surface area (Å²) in [6, 6.07) is 13.1. The van der Waals surface area contributed by atoms with E-state index < -0.39 is 11.7 Å². The van der Waals surface area contributed by atoms with E-state index in [9.17, 15) is 14.0 Å². The van der Waals surface area contributed by atoms with Crippen LogP contribution in [0.3, 0.4) is 0 Å². The number of thioether (sulfide) groups is 1. The number of primary amides is 1. The summed E-state index contributed by atoms with van der Waals surface area (Å²) in [6.07, 6.45) is 0. The van der Waals surface area contributed by atoms with Crippen molar-refractivity contribution in [3.05, 3.63) is 59.9 Å². The lowest BCUT2D eigenvalue weighted by atomic mass is 10.2. The second-order valence-electron chi connectivity index (χ2n) is 5.26. The molecule has 2 aromatic carbocycles. The average molecular weight is 362 g/mol. The van der Waals surface area contributed by atoms with Crippen LogP contribution in [-0.4, -0.2) is 42.7 Å². The average Bonchev–Trinajstić information content (AvgIpc) is 2.61. The predicted octanol–water partition coefficient (Wildman–Crippen LogP) is 2.55. The molecule has 0 saturated heterocycles. The van der Waals surface area contributed by atoms with Gasteiger partial charge in [-0.05, 0) is 24.3 Å². The van der Waals surface area contributed by atoms with Crippen LogP contribution in [-0.2, 0) is 4.79 Å². The van der Waals surface area contributed by atoms with Crippen LogP contribution in [0.1, 0.15) is 10.4 Å². The van der Waals surface area contributed by atoms with Crippen molar-refractivity contribution >= 4 is 23.6 Å². The van der Waals surface area contributed by atoms with Crippen LogP contribution in [0.25, 0.3) is 0 Å². The quantitative estimate of drug-likeness (QED) is 0.733. The number of carbonyl (C=O) groups excluding carboxylic acids is 2. The molecule has 0 aliphatic rings. The third-order valence-electron chi connectivity index (χ3n) is 3.36. The molecule has 132 valence electrons. The fourth-order valence-electron chi connectivity index (χ4n) is 2.08. The van der Waals surface area contributed by atoms with Gasteiger partial charge in [0.25, 0.3) is 5.91 Å². The van der Waals surface area contributed by atoms with Gasteiger partial charge >= 0.3 is 0 Å². The lowest BCUT2D eigenvalue weighted by Gasteiger charge is -2.19. The molecule has 0 aromatic heterocycles. The summed E-state index contributed by atoms with van der Waals surface area (Å²) in [6.45, 7) is 0.460. The van der Waals surface area contributed by atoms with Crippen molar-refractivity contribution in [2.45, 2.75) is 4.90 Å². The van der Waals surface area contributed by atoms with Gasteiger partial charge in [-0.3, -0.25) is 9.59 Å². The predicted molar refractivity (Wildman–Crippen MR) is 95.2 cm³/mol. The van der Waals surface area contributed by atoms with Gasteiger partial charge in [0.2, 0.25) is 5.91 Å². The zero-order chi connectivity index (χ0) is 18.2. The molecule has 2 rings (SSSR count). The zero-order valence-corrected chi connectivity index (χ0v) is 14.6. The molecule has 2 N–H and O–H groups in total. The highest BCUT2D eigenvalue weighted by Gasteiger charge is 2.16. The number of nitrogens with two attached hydrogens (primary N) is 1. The fraction of sp³-hybridized carbons (Fsp3) is 0.222. The molecule has 25 heavy (non-hydrogen) atoms. The Labute approximate surface area is 150 Å². The molecule has 2 amide bonds. The van der Waals surface area contributed by atoms with Gasteiger partial charge in [0.15, 0.2) is 11.6 Å². The number of nitrogens with zero attached hydrogens (tertiary/aromatic N) is 1. The Balaban J connectivity index is 1.95. The van der Waals surface area contributed by atoms with E-state index in [4.69, 9.17) is 10.5 Å². The van der Waals surface area contributed by atoms with Gasteiger partial charge in [-0.1, -0.05) is 24.3 Å². The van der Waals surface area contributed by atoms with Crippen LogP contribution >= 0.6 is 11.8 Å². The molecule has 0 aliphatic heterocycles. The maximum atomic E-state index is 13.5. The van der Waals surface area contributed by atoms with Gasteiger partial charge in [-0.15, -0.1) is 11.8 Å². The molecule has 7 heteroatoms. The number of ether oxygens (including phenoxy) is 1. The smallest absolute Gasteiger partial charge is 0.254 e. The Morgan fingerprint density at radius 2 is 1.84 bits per heavy atom. The van der Waals surface area contributed by atoms with Crippen LogP contribution in [0.4, 0.5) is 4.39 Å². The Morgan fingerprint density at radius 3 is 2.56 bits per heavy atom. The van der Waals surface area contributed by atoms with Gasteiger partial charge < -0.3 is 15.4 Å². The summed E-state index contributed by atoms with van der Waals surface area (Å²) < 4.78 is 18.9. The van der Waals surface area contributed by atoms with Gasteiger partial charge in [-0.2, -0.15) is 0 Å². The van der Waals surface area contributed by atoms with E-state index in [0.717, 1.165) is 0 Å². The summed E-state index contributed by atoms with van der Waals surface area (Å²) in [7, 11) is 1.64. The molecular weight excluding hydrogens is 343 g/mol. The van der Waals surface area contributed by atoms with Gasteiger partial charge in [0, 0.05) is 11.9 Å². The van der Waals surface area contributed by atoms with E-state index in [2.05, 4.69) is 0 Å². The van der Waals surface area contributed by atoms with E-state index in [-0.39, 0.29) is 24.0 Å². The van der Waals surface area contributed by atoms with Crippen molar-refractivity contribution in [2.24, 2.45) is 5.73 Å². The highest BCUT2D eigenvalue weighted by molar-refractivity contribution is 8.00. The largest absolute Gasteiger partial charge is 0.489 e. The van der Waals surface area contributed by atoms with Gasteiger partial charge in [0.05, 0.1) is 17.9 Å². The topological polar surface area (TPSA) is 72.6 Å². The molecular formula is C18H19FN2O3S. The third kappa shape index (κ3) is 5.49. The number of rotatable bonds is 8. The van der Waals surface area contributed by atoms with Crippen LogP contribution in [0.15, 0.2) is 53.4 Å². The van der Waals surface area contributed by atoms with Crippen LogP contribution in [0.2, 0.25) is 0 Å². The highest BCUT2D eigenvalue weighted by atomic mass is 32.2. The first-order valence-electron chi connectivity index (χ1n) is 7.62. The SMILES string of the molecule is CN(CCOc1ccccc1F)C(=O)c1ccccc1SCC(N)=O. The minimum absolute atomic E-state index is 0.102. The maximum Gasteiger partial charge on any atom is 0.254 e. The Bertz CT molecular complexity index is 755. The molecule has 0 aliphatic carbocycles. The molecule has 0 fully saturated rings. The normalized spacial score (nSPS) is 10.3. The molecule has 0 bridgehead atoms. The first-order chi connectivity index (χ1) is 12.0. The van der Waals surface area contributed by atoms with E-state index in [1.165, 1.54) is 28.8 Å². The second-order valence-corrected chi connectivity index (χ2v) is 6.27. The van der Waals surface area contributed by atoms with Crippen molar-refractivity contribution in [1.29, 1.82) is 0 Å². The van der Waals surface area contributed by atoms with E-state index in [1.54, 1.807) is 43.4 Å². The fourth-order valence-corrected chi connectivity index (χ4v) is 2.86. The number of likely N-dealkylation sites (N-methyl/N-ethyl adjacent to an activating group) is 1. The molecule has 5 nitrogen and oxygen atoms in total. The van der Waals surface area contributed by atoms with Crippen LogP contribution in [0, 0.1) is 5.82 Å². The molecule has 0 radical (unpaired) electrons. The second kappa shape index (κ2) is 9.08. The molecule has 0 atom stereocenters. The Hall–Kier alpha value is -2.54. The van der Waals surface area contributed by atoms with E-state index in [0.29, 0.717) is 17.0 Å².